The van der Waals surface area contributed by atoms with Crippen molar-refractivity contribution in [2.75, 3.05) is 50.1 Å². The molecule has 0 saturated carbocycles. The van der Waals surface area contributed by atoms with E-state index in [-0.39, 0.29) is 30.4 Å². The molecule has 2 amide bonds. The van der Waals surface area contributed by atoms with E-state index in [1.807, 2.05) is 11.9 Å². The van der Waals surface area contributed by atoms with Gasteiger partial charge in [0.05, 0.1) is 18.2 Å². The van der Waals surface area contributed by atoms with Crippen molar-refractivity contribution in [3.05, 3.63) is 11.5 Å². The Morgan fingerprint density at radius 3 is 2.77 bits per heavy atom. The predicted molar refractivity (Wildman–Crippen MR) is 115 cm³/mol. The Morgan fingerprint density at radius 1 is 1.29 bits per heavy atom. The van der Waals surface area contributed by atoms with Crippen molar-refractivity contribution >= 4 is 24.1 Å². The Labute approximate surface area is 182 Å². The summed E-state index contributed by atoms with van der Waals surface area (Å²) < 4.78 is 14.7. The van der Waals surface area contributed by atoms with Gasteiger partial charge in [-0.05, 0) is 33.4 Å². The highest BCUT2D eigenvalue weighted by molar-refractivity contribution is 5.80. The van der Waals surface area contributed by atoms with Crippen molar-refractivity contribution in [2.24, 2.45) is 5.92 Å². The number of anilines is 2. The number of hydrogen-bond acceptors (Lipinski definition) is 8. The minimum atomic E-state index is -0.601. The molecule has 1 aromatic heterocycles. The summed E-state index contributed by atoms with van der Waals surface area (Å²) in [5, 5.41) is 9.96. The van der Waals surface area contributed by atoms with Crippen LogP contribution in [-0.2, 0) is 9.59 Å². The van der Waals surface area contributed by atoms with Crippen LogP contribution in [0.5, 0.6) is 0 Å². The number of halogens is 1. The molecular weight excluding hydrogens is 405 g/mol. The van der Waals surface area contributed by atoms with E-state index in [0.29, 0.717) is 24.6 Å². The van der Waals surface area contributed by atoms with Gasteiger partial charge in [-0.25, -0.2) is 14.4 Å². The summed E-state index contributed by atoms with van der Waals surface area (Å²) >= 11 is 0. The van der Waals surface area contributed by atoms with Crippen LogP contribution in [0.2, 0.25) is 0 Å². The third kappa shape index (κ3) is 7.59. The van der Waals surface area contributed by atoms with Crippen LogP contribution in [0.15, 0.2) is 0 Å². The van der Waals surface area contributed by atoms with Crippen molar-refractivity contribution in [1.82, 2.24) is 25.4 Å². The summed E-state index contributed by atoms with van der Waals surface area (Å²) in [6.45, 7) is 6.55. The lowest BCUT2D eigenvalue weighted by atomic mass is 10.0. The maximum absolute atomic E-state index is 14.7. The van der Waals surface area contributed by atoms with E-state index < -0.39 is 17.6 Å². The highest BCUT2D eigenvalue weighted by Gasteiger charge is 2.23. The van der Waals surface area contributed by atoms with Gasteiger partial charge in [-0.3, -0.25) is 25.6 Å². The molecule has 0 aromatic carbocycles. The molecule has 11 heteroatoms. The summed E-state index contributed by atoms with van der Waals surface area (Å²) in [6, 6.07) is 0. The van der Waals surface area contributed by atoms with Gasteiger partial charge in [0.1, 0.15) is 0 Å². The number of hydrazine groups is 1. The number of hydroxylamine groups is 2. The first kappa shape index (κ1) is 24.7. The lowest BCUT2D eigenvalue weighted by Gasteiger charge is -2.23. The second kappa shape index (κ2) is 12.4. The lowest BCUT2D eigenvalue weighted by molar-refractivity contribution is -0.154. The molecule has 31 heavy (non-hydrogen) atoms. The van der Waals surface area contributed by atoms with Crippen LogP contribution < -0.4 is 15.8 Å². The summed E-state index contributed by atoms with van der Waals surface area (Å²) in [5.41, 5.74) is 5.38. The van der Waals surface area contributed by atoms with Crippen LogP contribution in [0.1, 0.15) is 44.7 Å². The molecule has 2 heterocycles. The Morgan fingerprint density at radius 2 is 2.06 bits per heavy atom. The standard InChI is InChI=1S/C20H34FN7O3/c1-4-5-6-8-16(13-28(31)14-29)19(30)24-25-20-22-15(2)17(21)18(23-20)27-10-7-9-26(3)11-12-27/h14,16,31H,4-13H2,1-3H3,(H,24,30)(H,22,23,25)/t16-/m1/s1. The monoisotopic (exact) mass is 439 g/mol. The minimum absolute atomic E-state index is 0.0865. The zero-order chi connectivity index (χ0) is 22.8. The van der Waals surface area contributed by atoms with E-state index in [9.17, 15) is 19.2 Å². The van der Waals surface area contributed by atoms with E-state index in [1.54, 1.807) is 6.92 Å². The molecule has 1 fully saturated rings. The summed E-state index contributed by atoms with van der Waals surface area (Å²) in [5.74, 6) is -1.18. The van der Waals surface area contributed by atoms with Crippen molar-refractivity contribution < 1.29 is 19.2 Å². The third-order valence-electron chi connectivity index (χ3n) is 5.37. The number of aryl methyl sites for hydroxylation is 1. The Balaban J connectivity index is 2.07. The summed E-state index contributed by atoms with van der Waals surface area (Å²) in [4.78, 5) is 35.8. The van der Waals surface area contributed by atoms with Gasteiger partial charge in [-0.1, -0.05) is 26.2 Å². The third-order valence-corrected chi connectivity index (χ3v) is 5.37. The number of likely N-dealkylation sites (N-methyl/N-ethyl adjacent to an activating group) is 1. The topological polar surface area (TPSA) is 114 Å². The number of amides is 2. The predicted octanol–water partition coefficient (Wildman–Crippen LogP) is 1.55. The second-order valence-corrected chi connectivity index (χ2v) is 7.95. The minimum Gasteiger partial charge on any atom is -0.353 e. The maximum Gasteiger partial charge on any atom is 0.244 e. The molecular formula is C20H34FN7O3. The fourth-order valence-electron chi connectivity index (χ4n) is 3.50. The average molecular weight is 440 g/mol. The maximum atomic E-state index is 14.7. The van der Waals surface area contributed by atoms with Crippen LogP contribution in [-0.4, -0.2) is 77.2 Å². The zero-order valence-electron chi connectivity index (χ0n) is 18.6. The average Bonchev–Trinajstić information content (AvgIpc) is 2.97. The van der Waals surface area contributed by atoms with Gasteiger partial charge >= 0.3 is 0 Å². The second-order valence-electron chi connectivity index (χ2n) is 7.95. The first-order chi connectivity index (χ1) is 14.8. The largest absolute Gasteiger partial charge is 0.353 e. The van der Waals surface area contributed by atoms with Gasteiger partial charge in [0, 0.05) is 19.6 Å². The van der Waals surface area contributed by atoms with Crippen LogP contribution >= 0.6 is 0 Å². The van der Waals surface area contributed by atoms with E-state index in [1.165, 1.54) is 0 Å². The normalized spacial score (nSPS) is 15.8. The molecule has 0 spiro atoms. The van der Waals surface area contributed by atoms with Crippen LogP contribution in [0.4, 0.5) is 16.2 Å². The van der Waals surface area contributed by atoms with Gasteiger partial charge in [-0.2, -0.15) is 4.98 Å². The number of hydrogen-bond donors (Lipinski definition) is 3. The number of carbonyl (C=O) groups is 2. The lowest BCUT2D eigenvalue weighted by Crippen LogP contribution is -2.40. The molecule has 0 radical (unpaired) electrons. The van der Waals surface area contributed by atoms with E-state index in [0.717, 1.165) is 38.8 Å². The molecule has 2 rings (SSSR count). The molecule has 1 atom stereocenters. The Hall–Kier alpha value is -2.53. The van der Waals surface area contributed by atoms with Gasteiger partial charge in [0.25, 0.3) is 0 Å². The van der Waals surface area contributed by atoms with Crippen LogP contribution in [0.3, 0.4) is 0 Å². The molecule has 1 aliphatic rings. The van der Waals surface area contributed by atoms with E-state index in [2.05, 4.69) is 32.6 Å². The molecule has 174 valence electrons. The highest BCUT2D eigenvalue weighted by atomic mass is 19.1. The molecule has 10 nitrogen and oxygen atoms in total. The van der Waals surface area contributed by atoms with Crippen molar-refractivity contribution in [3.8, 4) is 0 Å². The number of aromatic nitrogens is 2. The quantitative estimate of drug-likeness (QED) is 0.206. The molecule has 0 bridgehead atoms. The number of nitrogens with zero attached hydrogens (tertiary/aromatic N) is 5. The van der Waals surface area contributed by atoms with Crippen LogP contribution in [0, 0.1) is 18.7 Å². The van der Waals surface area contributed by atoms with Gasteiger partial charge in [0.2, 0.25) is 18.3 Å². The van der Waals surface area contributed by atoms with Gasteiger partial charge < -0.3 is 9.80 Å². The number of unbranched alkanes of at least 4 members (excludes halogenated alkanes) is 2. The van der Waals surface area contributed by atoms with Crippen molar-refractivity contribution in [3.63, 3.8) is 0 Å². The molecule has 1 saturated heterocycles. The highest BCUT2D eigenvalue weighted by Crippen LogP contribution is 2.22. The molecule has 3 N–H and O–H groups in total. The Kier molecular flexibility index (Phi) is 9.86. The summed E-state index contributed by atoms with van der Waals surface area (Å²) in [6.07, 6.45) is 4.40. The molecule has 0 unspecified atom stereocenters. The molecule has 1 aliphatic heterocycles. The van der Waals surface area contributed by atoms with E-state index in [4.69, 9.17) is 0 Å². The SMILES string of the molecule is CCCCC[C@H](CN(O)C=O)C(=O)NNc1nc(C)c(F)c(N2CCCN(C)CC2)n1. The smallest absolute Gasteiger partial charge is 0.244 e. The van der Waals surface area contributed by atoms with Crippen molar-refractivity contribution in [2.45, 2.75) is 46.0 Å². The van der Waals surface area contributed by atoms with Gasteiger partial charge in [-0.15, -0.1) is 0 Å². The Bertz CT molecular complexity index is 737. The first-order valence-electron chi connectivity index (χ1n) is 10.8. The number of nitrogens with one attached hydrogen (secondary N) is 2. The number of rotatable bonds is 11. The molecule has 0 aliphatic carbocycles. The fraction of sp³-hybridized carbons (Fsp3) is 0.700. The van der Waals surface area contributed by atoms with E-state index >= 15 is 0 Å². The summed E-state index contributed by atoms with van der Waals surface area (Å²) in [7, 11) is 2.03. The number of carbonyl (C=O) groups excluding carboxylic acids is 2. The zero-order valence-corrected chi connectivity index (χ0v) is 18.6. The van der Waals surface area contributed by atoms with Crippen molar-refractivity contribution in [1.29, 1.82) is 0 Å². The molecule has 1 aromatic rings. The fourth-order valence-corrected chi connectivity index (χ4v) is 3.50. The van der Waals surface area contributed by atoms with Crippen LogP contribution in [0.25, 0.3) is 0 Å². The first-order valence-corrected chi connectivity index (χ1v) is 10.8. The van der Waals surface area contributed by atoms with Gasteiger partial charge in [0.15, 0.2) is 11.6 Å².